The van der Waals surface area contributed by atoms with Crippen LogP contribution in [0.15, 0.2) is 24.3 Å². The summed E-state index contributed by atoms with van der Waals surface area (Å²) >= 11 is 12.2. The topological polar surface area (TPSA) is 82.1 Å². The van der Waals surface area contributed by atoms with Gasteiger partial charge >= 0.3 is 11.9 Å². The lowest BCUT2D eigenvalue weighted by atomic mass is 10.0. The third-order valence-corrected chi connectivity index (χ3v) is 5.55. The third-order valence-electron chi connectivity index (χ3n) is 4.36. The second-order valence-corrected chi connectivity index (χ2v) is 7.71. The number of carbonyl (C=O) groups is 2. The highest BCUT2D eigenvalue weighted by Crippen LogP contribution is 2.27. The Morgan fingerprint density at radius 1 is 0.900 bits per heavy atom. The molecule has 162 valence electrons. The minimum Gasteiger partial charge on any atom is -0.479 e. The fraction of sp³-hybridized carbons (Fsp3) is 0.364. The Morgan fingerprint density at radius 3 is 1.90 bits per heavy atom. The summed E-state index contributed by atoms with van der Waals surface area (Å²) in [5.41, 5.74) is 3.65. The summed E-state index contributed by atoms with van der Waals surface area (Å²) in [6.45, 7) is 6.98. The molecule has 0 heterocycles. The number of hydrogen-bond acceptors (Lipinski definition) is 5. The number of benzene rings is 2. The number of carboxylic acids is 1. The van der Waals surface area contributed by atoms with Crippen molar-refractivity contribution in [3.8, 4) is 5.75 Å². The highest BCUT2D eigenvalue weighted by Gasteiger charge is 2.22. The van der Waals surface area contributed by atoms with Gasteiger partial charge in [0.05, 0.1) is 13.2 Å². The van der Waals surface area contributed by atoms with Gasteiger partial charge < -0.3 is 19.3 Å². The van der Waals surface area contributed by atoms with Gasteiger partial charge in [0.25, 0.3) is 0 Å². The molecule has 2 aromatic carbocycles. The van der Waals surface area contributed by atoms with Crippen LogP contribution >= 0.6 is 23.2 Å². The number of hydrogen-bond donors (Lipinski definition) is 1. The van der Waals surface area contributed by atoms with Gasteiger partial charge in [-0.1, -0.05) is 35.3 Å². The average molecular weight is 455 g/mol. The smallest absolute Gasteiger partial charge is 0.337 e. The minimum atomic E-state index is -1.16. The Kier molecular flexibility index (Phi) is 8.67. The molecule has 8 heteroatoms. The Morgan fingerprint density at radius 2 is 1.40 bits per heavy atom. The number of halogens is 2. The molecule has 1 N–H and O–H groups in total. The zero-order chi connectivity index (χ0) is 22.4. The van der Waals surface area contributed by atoms with E-state index in [1.165, 1.54) is 0 Å². The van der Waals surface area contributed by atoms with Crippen LogP contribution in [0.5, 0.6) is 5.75 Å². The van der Waals surface area contributed by atoms with Crippen molar-refractivity contribution < 1.29 is 28.9 Å². The molecule has 6 nitrogen and oxygen atoms in total. The maximum Gasteiger partial charge on any atom is 0.337 e. The number of carbonyl (C=O) groups excluding carboxylic acids is 1. The second kappa shape index (κ2) is 10.8. The lowest BCUT2D eigenvalue weighted by Gasteiger charge is -2.16. The second-order valence-electron chi connectivity index (χ2n) is 6.96. The fourth-order valence-electron chi connectivity index (χ4n) is 2.95. The van der Waals surface area contributed by atoms with E-state index in [4.69, 9.17) is 37.4 Å². The summed E-state index contributed by atoms with van der Waals surface area (Å²) in [6.07, 6.45) is -1.16. The Labute approximate surface area is 185 Å². The standard InChI is InChI=1S/C22H24Cl2O6/c1-12-7-16(8-13(2)19(12)23)21(22(26)27)29-6-5-28-11-18(25)30-17-9-14(3)20(24)15(4)10-17/h7-10,21H,5-6,11H2,1-4H3,(H,26,27)/t21-/m1/s1. The third kappa shape index (κ3) is 6.44. The summed E-state index contributed by atoms with van der Waals surface area (Å²) < 4.78 is 15.9. The van der Waals surface area contributed by atoms with Gasteiger partial charge in [0, 0.05) is 10.0 Å². The van der Waals surface area contributed by atoms with Crippen LogP contribution in [-0.2, 0) is 19.1 Å². The lowest BCUT2D eigenvalue weighted by molar-refractivity contribution is -0.153. The molecule has 0 aliphatic rings. The number of aliphatic carboxylic acids is 1. The van der Waals surface area contributed by atoms with Gasteiger partial charge in [-0.05, 0) is 67.6 Å². The van der Waals surface area contributed by atoms with E-state index in [1.807, 2.05) is 13.8 Å². The maximum atomic E-state index is 11.9. The number of aryl methyl sites for hydroxylation is 4. The van der Waals surface area contributed by atoms with Crippen LogP contribution in [-0.4, -0.2) is 36.9 Å². The number of esters is 1. The summed E-state index contributed by atoms with van der Waals surface area (Å²) in [5, 5.41) is 10.7. The quantitative estimate of drug-likeness (QED) is 0.326. The van der Waals surface area contributed by atoms with E-state index >= 15 is 0 Å². The molecular weight excluding hydrogens is 431 g/mol. The van der Waals surface area contributed by atoms with E-state index in [2.05, 4.69) is 0 Å². The maximum absolute atomic E-state index is 11.9. The summed E-state index contributed by atoms with van der Waals surface area (Å²) in [7, 11) is 0. The molecule has 0 aromatic heterocycles. The Bertz CT molecular complexity index is 895. The van der Waals surface area contributed by atoms with Crippen molar-refractivity contribution >= 4 is 35.1 Å². The van der Waals surface area contributed by atoms with E-state index < -0.39 is 18.0 Å². The molecule has 0 amide bonds. The SMILES string of the molecule is Cc1cc(OC(=O)COCCO[C@@H](C(=O)O)c2cc(C)c(Cl)c(C)c2)cc(C)c1Cl. The molecule has 1 atom stereocenters. The van der Waals surface area contributed by atoms with Crippen LogP contribution in [0.3, 0.4) is 0 Å². The van der Waals surface area contributed by atoms with Crippen LogP contribution in [0.25, 0.3) is 0 Å². The molecule has 0 saturated heterocycles. The van der Waals surface area contributed by atoms with Gasteiger partial charge in [-0.25, -0.2) is 9.59 Å². The zero-order valence-corrected chi connectivity index (χ0v) is 18.8. The first-order valence-electron chi connectivity index (χ1n) is 9.26. The molecule has 30 heavy (non-hydrogen) atoms. The monoisotopic (exact) mass is 454 g/mol. The molecule has 0 fully saturated rings. The van der Waals surface area contributed by atoms with Crippen LogP contribution < -0.4 is 4.74 Å². The molecule has 0 aliphatic carbocycles. The molecule has 0 unspecified atom stereocenters. The van der Waals surface area contributed by atoms with E-state index in [9.17, 15) is 14.7 Å². The van der Waals surface area contributed by atoms with Gasteiger partial charge in [0.1, 0.15) is 12.4 Å². The van der Waals surface area contributed by atoms with Crippen LogP contribution in [0.1, 0.15) is 33.9 Å². The largest absolute Gasteiger partial charge is 0.479 e. The van der Waals surface area contributed by atoms with Crippen molar-refractivity contribution in [3.05, 3.63) is 62.1 Å². The predicted octanol–water partition coefficient (Wildman–Crippen LogP) is 4.99. The molecule has 0 radical (unpaired) electrons. The van der Waals surface area contributed by atoms with Crippen LogP contribution in [0.2, 0.25) is 10.0 Å². The number of rotatable bonds is 9. The van der Waals surface area contributed by atoms with E-state index in [-0.39, 0.29) is 19.8 Å². The molecule has 2 aromatic rings. The van der Waals surface area contributed by atoms with Crippen LogP contribution in [0, 0.1) is 27.7 Å². The van der Waals surface area contributed by atoms with Gasteiger partial charge in [-0.2, -0.15) is 0 Å². The average Bonchev–Trinajstić information content (AvgIpc) is 2.66. The van der Waals surface area contributed by atoms with Crippen molar-refractivity contribution in [2.24, 2.45) is 0 Å². The number of ether oxygens (including phenoxy) is 3. The zero-order valence-electron chi connectivity index (χ0n) is 17.3. The van der Waals surface area contributed by atoms with E-state index in [0.717, 1.165) is 22.3 Å². The predicted molar refractivity (Wildman–Crippen MR) is 115 cm³/mol. The van der Waals surface area contributed by atoms with Gasteiger partial charge in [-0.3, -0.25) is 0 Å². The normalized spacial score (nSPS) is 11.9. The van der Waals surface area contributed by atoms with E-state index in [1.54, 1.807) is 38.1 Å². The first-order valence-corrected chi connectivity index (χ1v) is 10.0. The van der Waals surface area contributed by atoms with Gasteiger partial charge in [0.2, 0.25) is 0 Å². The highest BCUT2D eigenvalue weighted by molar-refractivity contribution is 6.32. The Hall–Kier alpha value is -2.12. The van der Waals surface area contributed by atoms with Crippen molar-refractivity contribution in [2.75, 3.05) is 19.8 Å². The van der Waals surface area contributed by atoms with Gasteiger partial charge in [0.15, 0.2) is 6.10 Å². The van der Waals surface area contributed by atoms with E-state index in [0.29, 0.717) is 21.4 Å². The first kappa shape index (κ1) is 24.2. The summed E-state index contributed by atoms with van der Waals surface area (Å²) in [6, 6.07) is 6.71. The molecule has 0 bridgehead atoms. The molecule has 0 spiro atoms. The molecule has 0 aliphatic heterocycles. The molecule has 2 rings (SSSR count). The fourth-order valence-corrected chi connectivity index (χ4v) is 3.17. The Balaban J connectivity index is 1.83. The summed E-state index contributed by atoms with van der Waals surface area (Å²) in [5.74, 6) is -1.31. The van der Waals surface area contributed by atoms with Crippen LogP contribution in [0.4, 0.5) is 0 Å². The molecule has 0 saturated carbocycles. The van der Waals surface area contributed by atoms with Gasteiger partial charge in [-0.15, -0.1) is 0 Å². The lowest BCUT2D eigenvalue weighted by Crippen LogP contribution is -2.21. The minimum absolute atomic E-state index is 0.00979. The van der Waals surface area contributed by atoms with Crippen molar-refractivity contribution in [3.63, 3.8) is 0 Å². The van der Waals surface area contributed by atoms with Crippen molar-refractivity contribution in [1.82, 2.24) is 0 Å². The highest BCUT2D eigenvalue weighted by atomic mass is 35.5. The summed E-state index contributed by atoms with van der Waals surface area (Å²) in [4.78, 5) is 23.5. The number of carboxylic acid groups (broad SMARTS) is 1. The molecular formula is C22H24Cl2O6. The van der Waals surface area contributed by atoms with Crippen molar-refractivity contribution in [1.29, 1.82) is 0 Å². The first-order chi connectivity index (χ1) is 14.1. The van der Waals surface area contributed by atoms with Crippen molar-refractivity contribution in [2.45, 2.75) is 33.8 Å².